The zero-order valence-electron chi connectivity index (χ0n) is 12.4. The number of rotatable bonds is 5. The maximum absolute atomic E-state index is 6.51. The normalized spacial score (nSPS) is 20.2. The molecule has 1 aromatic rings. The van der Waals surface area contributed by atoms with Gasteiger partial charge in [0, 0.05) is 16.5 Å². The first-order valence-electron chi connectivity index (χ1n) is 7.64. The van der Waals surface area contributed by atoms with Crippen molar-refractivity contribution in [1.82, 2.24) is 4.90 Å². The lowest BCUT2D eigenvalue weighted by atomic mass is 9.89. The van der Waals surface area contributed by atoms with Gasteiger partial charge in [-0.2, -0.15) is 0 Å². The summed E-state index contributed by atoms with van der Waals surface area (Å²) in [4.78, 5) is 4.08. The molecule has 0 saturated carbocycles. The topological polar surface area (TPSA) is 29.3 Å². The monoisotopic (exact) mass is 280 g/mol. The fourth-order valence-corrected chi connectivity index (χ4v) is 3.71. The Kier molecular flexibility index (Phi) is 5.43. The molecule has 0 bridgehead atoms. The molecule has 0 spiro atoms. The van der Waals surface area contributed by atoms with Crippen molar-refractivity contribution < 1.29 is 0 Å². The molecule has 2 nitrogen and oxygen atoms in total. The Balaban J connectivity index is 1.89. The van der Waals surface area contributed by atoms with Crippen LogP contribution in [0.25, 0.3) is 0 Å². The number of nitrogens with zero attached hydrogens (tertiary/aromatic N) is 1. The molecule has 1 aromatic heterocycles. The smallest absolute Gasteiger partial charge is 0.0304 e. The maximum atomic E-state index is 6.51. The van der Waals surface area contributed by atoms with E-state index in [0.717, 1.165) is 12.8 Å². The summed E-state index contributed by atoms with van der Waals surface area (Å²) in [5.41, 5.74) is 6.64. The van der Waals surface area contributed by atoms with Crippen LogP contribution in [0.1, 0.15) is 50.8 Å². The van der Waals surface area contributed by atoms with Crippen molar-refractivity contribution in [3.63, 3.8) is 0 Å². The van der Waals surface area contributed by atoms with Crippen LogP contribution in [0.4, 0.5) is 0 Å². The van der Waals surface area contributed by atoms with E-state index in [1.54, 1.807) is 0 Å². The molecule has 3 heteroatoms. The molecule has 0 amide bonds. The Morgan fingerprint density at radius 2 is 1.95 bits per heavy atom. The van der Waals surface area contributed by atoms with Gasteiger partial charge in [0.2, 0.25) is 0 Å². The molecule has 0 aliphatic carbocycles. The number of hydrogen-bond acceptors (Lipinski definition) is 3. The molecule has 1 aliphatic heterocycles. The molecular formula is C16H28N2S. The molecule has 2 N–H and O–H groups in total. The molecule has 108 valence electrons. The lowest BCUT2D eigenvalue weighted by Gasteiger charge is -2.42. The summed E-state index contributed by atoms with van der Waals surface area (Å²) in [7, 11) is 0. The summed E-state index contributed by atoms with van der Waals surface area (Å²) in [5, 5.41) is 2.15. The second-order valence-corrected chi connectivity index (χ2v) is 7.31. The van der Waals surface area contributed by atoms with Crippen LogP contribution in [0.5, 0.6) is 0 Å². The van der Waals surface area contributed by atoms with Crippen molar-refractivity contribution in [3.05, 3.63) is 22.4 Å². The van der Waals surface area contributed by atoms with E-state index in [9.17, 15) is 0 Å². The predicted molar refractivity (Wildman–Crippen MR) is 84.7 cm³/mol. The first-order valence-corrected chi connectivity index (χ1v) is 8.51. The first kappa shape index (κ1) is 15.0. The molecular weight excluding hydrogens is 252 g/mol. The van der Waals surface area contributed by atoms with Crippen molar-refractivity contribution in [2.75, 3.05) is 13.1 Å². The van der Waals surface area contributed by atoms with Gasteiger partial charge in [-0.3, -0.25) is 4.90 Å². The van der Waals surface area contributed by atoms with Crippen molar-refractivity contribution >= 4 is 11.3 Å². The second-order valence-electron chi connectivity index (χ2n) is 6.28. The van der Waals surface area contributed by atoms with Gasteiger partial charge < -0.3 is 5.73 Å². The summed E-state index contributed by atoms with van der Waals surface area (Å²) in [6, 6.07) is 4.61. The minimum absolute atomic E-state index is 0.127. The van der Waals surface area contributed by atoms with Crippen molar-refractivity contribution in [2.24, 2.45) is 5.73 Å². The Labute approximate surface area is 122 Å². The molecule has 1 saturated heterocycles. The second kappa shape index (κ2) is 6.87. The molecule has 19 heavy (non-hydrogen) atoms. The van der Waals surface area contributed by atoms with Gasteiger partial charge in [0.1, 0.15) is 0 Å². The number of likely N-dealkylation sites (tertiary alicyclic amines) is 1. The fraction of sp³-hybridized carbons (Fsp3) is 0.750. The summed E-state index contributed by atoms with van der Waals surface area (Å²) < 4.78 is 0. The van der Waals surface area contributed by atoms with Crippen LogP contribution >= 0.6 is 11.3 Å². The Morgan fingerprint density at radius 1 is 1.26 bits per heavy atom. The SMILES string of the molecule is CC(C)(C(N)CCc1cccs1)N1CCCCCC1. The van der Waals surface area contributed by atoms with Crippen LogP contribution in [-0.2, 0) is 6.42 Å². The first-order chi connectivity index (χ1) is 9.10. The highest BCUT2D eigenvalue weighted by atomic mass is 32.1. The molecule has 0 aromatic carbocycles. The third kappa shape index (κ3) is 4.04. The zero-order chi connectivity index (χ0) is 13.7. The number of aryl methyl sites for hydroxylation is 1. The minimum Gasteiger partial charge on any atom is -0.326 e. The van der Waals surface area contributed by atoms with E-state index in [1.807, 2.05) is 11.3 Å². The van der Waals surface area contributed by atoms with E-state index in [0.29, 0.717) is 0 Å². The van der Waals surface area contributed by atoms with Crippen LogP contribution in [0, 0.1) is 0 Å². The van der Waals surface area contributed by atoms with E-state index in [-0.39, 0.29) is 11.6 Å². The Hall–Kier alpha value is -0.380. The Morgan fingerprint density at radius 3 is 2.53 bits per heavy atom. The van der Waals surface area contributed by atoms with Crippen molar-refractivity contribution in [2.45, 2.75) is 64.0 Å². The quantitative estimate of drug-likeness (QED) is 0.892. The third-order valence-corrected chi connectivity index (χ3v) is 5.55. The molecule has 2 heterocycles. The van der Waals surface area contributed by atoms with Gasteiger partial charge in [0.15, 0.2) is 0 Å². The van der Waals surface area contributed by atoms with Gasteiger partial charge in [-0.25, -0.2) is 0 Å². The molecule has 1 aliphatic rings. The molecule has 1 atom stereocenters. The lowest BCUT2D eigenvalue weighted by molar-refractivity contribution is 0.0950. The summed E-state index contributed by atoms with van der Waals surface area (Å²) >= 11 is 1.85. The van der Waals surface area contributed by atoms with Gasteiger partial charge in [0.25, 0.3) is 0 Å². The lowest BCUT2D eigenvalue weighted by Crippen LogP contribution is -2.56. The molecule has 0 radical (unpaired) electrons. The standard InChI is InChI=1S/C16H28N2S/c1-16(2,18-11-5-3-4-6-12-18)15(17)10-9-14-8-7-13-19-14/h7-8,13,15H,3-6,9-12,17H2,1-2H3. The van der Waals surface area contributed by atoms with Gasteiger partial charge in [-0.15, -0.1) is 11.3 Å². The summed E-state index contributed by atoms with van der Waals surface area (Å²) in [5.74, 6) is 0. The molecule has 2 rings (SSSR count). The van der Waals surface area contributed by atoms with Crippen molar-refractivity contribution in [3.8, 4) is 0 Å². The average molecular weight is 280 g/mol. The van der Waals surface area contributed by atoms with Gasteiger partial charge in [-0.1, -0.05) is 18.9 Å². The number of nitrogens with two attached hydrogens (primary N) is 1. The van der Waals surface area contributed by atoms with Crippen LogP contribution < -0.4 is 5.73 Å². The van der Waals surface area contributed by atoms with Crippen LogP contribution in [0.2, 0.25) is 0 Å². The highest BCUT2D eigenvalue weighted by molar-refractivity contribution is 7.09. The highest BCUT2D eigenvalue weighted by Gasteiger charge is 2.32. The van der Waals surface area contributed by atoms with Crippen molar-refractivity contribution in [1.29, 1.82) is 0 Å². The third-order valence-electron chi connectivity index (χ3n) is 4.61. The van der Waals surface area contributed by atoms with Crippen LogP contribution in [0.3, 0.4) is 0 Å². The number of hydrogen-bond donors (Lipinski definition) is 1. The predicted octanol–water partition coefficient (Wildman–Crippen LogP) is 3.66. The minimum atomic E-state index is 0.127. The zero-order valence-corrected chi connectivity index (χ0v) is 13.2. The van der Waals surface area contributed by atoms with E-state index in [2.05, 4.69) is 36.3 Å². The van der Waals surface area contributed by atoms with Crippen LogP contribution in [-0.4, -0.2) is 29.6 Å². The fourth-order valence-electron chi connectivity index (χ4n) is 2.99. The number of thiophene rings is 1. The van der Waals surface area contributed by atoms with Gasteiger partial charge in [-0.05, 0) is 64.1 Å². The van der Waals surface area contributed by atoms with Gasteiger partial charge >= 0.3 is 0 Å². The van der Waals surface area contributed by atoms with Gasteiger partial charge in [0.05, 0.1) is 0 Å². The van der Waals surface area contributed by atoms with Crippen LogP contribution in [0.15, 0.2) is 17.5 Å². The molecule has 1 fully saturated rings. The summed E-state index contributed by atoms with van der Waals surface area (Å²) in [6.07, 6.45) is 7.65. The maximum Gasteiger partial charge on any atom is 0.0304 e. The largest absolute Gasteiger partial charge is 0.326 e. The Bertz CT molecular complexity index is 351. The van der Waals surface area contributed by atoms with E-state index in [4.69, 9.17) is 5.73 Å². The molecule has 1 unspecified atom stereocenters. The average Bonchev–Trinajstić information content (AvgIpc) is 2.75. The van der Waals surface area contributed by atoms with E-state index < -0.39 is 0 Å². The van der Waals surface area contributed by atoms with E-state index in [1.165, 1.54) is 43.6 Å². The summed E-state index contributed by atoms with van der Waals surface area (Å²) in [6.45, 7) is 7.11. The van der Waals surface area contributed by atoms with E-state index >= 15 is 0 Å². The highest BCUT2D eigenvalue weighted by Crippen LogP contribution is 2.25.